The number of nitrogens with zero attached hydrogens (tertiary/aromatic N) is 2. The lowest BCUT2D eigenvalue weighted by Gasteiger charge is -2.31. The first-order valence-corrected chi connectivity index (χ1v) is 13.6. The Kier molecular flexibility index (Phi) is 8.03. The number of likely N-dealkylation sites (tertiary alicyclic amines) is 1. The molecule has 4 rings (SSSR count). The Morgan fingerprint density at radius 2 is 1.94 bits per heavy atom. The number of piperidine rings is 1. The second kappa shape index (κ2) is 11.2. The van der Waals surface area contributed by atoms with E-state index in [4.69, 9.17) is 0 Å². The van der Waals surface area contributed by atoms with Crippen LogP contribution in [0.2, 0.25) is 0 Å². The third-order valence-electron chi connectivity index (χ3n) is 6.31. The molecule has 0 aliphatic carbocycles. The summed E-state index contributed by atoms with van der Waals surface area (Å²) in [7, 11) is 0. The Morgan fingerprint density at radius 3 is 2.67 bits per heavy atom. The zero-order valence-corrected chi connectivity index (χ0v) is 20.5. The van der Waals surface area contributed by atoms with Gasteiger partial charge in [-0.3, -0.25) is 14.4 Å². The van der Waals surface area contributed by atoms with Gasteiger partial charge in [0.15, 0.2) is 0 Å². The van der Waals surface area contributed by atoms with E-state index in [9.17, 15) is 14.4 Å². The molecule has 2 aromatic rings. The maximum absolute atomic E-state index is 12.7. The second-order valence-corrected chi connectivity index (χ2v) is 10.3. The Balaban J connectivity index is 1.28. The van der Waals surface area contributed by atoms with Gasteiger partial charge in [0.1, 0.15) is 11.7 Å². The van der Waals surface area contributed by atoms with Gasteiger partial charge in [-0.2, -0.15) is 0 Å². The molecule has 1 aromatic heterocycles. The van der Waals surface area contributed by atoms with Crippen LogP contribution in [0.25, 0.3) is 0 Å². The predicted molar refractivity (Wildman–Crippen MR) is 131 cm³/mol. The Hall–Kier alpha value is -2.39. The number of nitrogens with one attached hydrogen (secondary N) is 2. The van der Waals surface area contributed by atoms with Crippen molar-refractivity contribution < 1.29 is 14.4 Å². The quantitative estimate of drug-likeness (QED) is 0.612. The molecule has 3 heterocycles. The van der Waals surface area contributed by atoms with Gasteiger partial charge in [0, 0.05) is 35.8 Å². The molecule has 9 heteroatoms. The molecule has 2 N–H and O–H groups in total. The monoisotopic (exact) mass is 486 g/mol. The number of carbonyl (C=O) groups is 3. The smallest absolute Gasteiger partial charge is 0.271 e. The molecule has 0 radical (unpaired) electrons. The molecule has 0 spiro atoms. The molecule has 0 bridgehead atoms. The summed E-state index contributed by atoms with van der Waals surface area (Å²) in [4.78, 5) is 45.1. The van der Waals surface area contributed by atoms with Crippen LogP contribution >= 0.6 is 23.1 Å². The fourth-order valence-corrected chi connectivity index (χ4v) is 5.67. The zero-order valence-electron chi connectivity index (χ0n) is 18.8. The number of benzene rings is 1. The average molecular weight is 487 g/mol. The molecule has 1 aromatic carbocycles. The predicted octanol–water partition coefficient (Wildman–Crippen LogP) is 3.21. The van der Waals surface area contributed by atoms with Crippen molar-refractivity contribution in [2.75, 3.05) is 25.9 Å². The molecule has 7 nitrogen and oxygen atoms in total. The van der Waals surface area contributed by atoms with Crippen molar-refractivity contribution in [2.24, 2.45) is 0 Å². The number of aromatic nitrogens is 1. The van der Waals surface area contributed by atoms with Gasteiger partial charge in [0.2, 0.25) is 11.8 Å². The average Bonchev–Trinajstić information content (AvgIpc) is 3.25. The van der Waals surface area contributed by atoms with Gasteiger partial charge < -0.3 is 15.5 Å². The SMILES string of the molecule is CSc1ccc(CC(=O)N2CCC(c3nc(C(=O)NC4CCCCNC4=O)cs3)CC2)cc1. The Morgan fingerprint density at radius 1 is 1.18 bits per heavy atom. The van der Waals surface area contributed by atoms with Gasteiger partial charge >= 0.3 is 0 Å². The molecule has 176 valence electrons. The number of rotatable bonds is 6. The van der Waals surface area contributed by atoms with Crippen LogP contribution in [0.1, 0.15) is 59.1 Å². The van der Waals surface area contributed by atoms with Crippen molar-refractivity contribution in [2.45, 2.75) is 55.4 Å². The molecule has 3 amide bonds. The molecule has 33 heavy (non-hydrogen) atoms. The van der Waals surface area contributed by atoms with E-state index in [0.29, 0.717) is 38.2 Å². The van der Waals surface area contributed by atoms with E-state index < -0.39 is 6.04 Å². The summed E-state index contributed by atoms with van der Waals surface area (Å²) in [5.41, 5.74) is 1.41. The number of carbonyl (C=O) groups excluding carboxylic acids is 3. The van der Waals surface area contributed by atoms with E-state index >= 15 is 0 Å². The lowest BCUT2D eigenvalue weighted by Crippen LogP contribution is -2.45. The van der Waals surface area contributed by atoms with Gasteiger partial charge in [-0.25, -0.2) is 4.98 Å². The highest BCUT2D eigenvalue weighted by Crippen LogP contribution is 2.30. The number of thioether (sulfide) groups is 1. The minimum Gasteiger partial charge on any atom is -0.354 e. The fourth-order valence-electron chi connectivity index (χ4n) is 4.29. The number of hydrogen-bond donors (Lipinski definition) is 2. The van der Waals surface area contributed by atoms with Gasteiger partial charge in [-0.05, 0) is 56.1 Å². The molecule has 0 saturated carbocycles. The molecular weight excluding hydrogens is 456 g/mol. The normalized spacial score (nSPS) is 19.6. The topological polar surface area (TPSA) is 91.4 Å². The van der Waals surface area contributed by atoms with Gasteiger partial charge in [-0.1, -0.05) is 12.1 Å². The van der Waals surface area contributed by atoms with Crippen LogP contribution in [0.5, 0.6) is 0 Å². The van der Waals surface area contributed by atoms with Crippen molar-refractivity contribution in [3.63, 3.8) is 0 Å². The summed E-state index contributed by atoms with van der Waals surface area (Å²) < 4.78 is 0. The van der Waals surface area contributed by atoms with E-state index in [-0.39, 0.29) is 23.6 Å². The van der Waals surface area contributed by atoms with Crippen LogP contribution in [0.15, 0.2) is 34.5 Å². The molecule has 1 unspecified atom stereocenters. The summed E-state index contributed by atoms with van der Waals surface area (Å²) in [5, 5.41) is 8.38. The maximum Gasteiger partial charge on any atom is 0.271 e. The largest absolute Gasteiger partial charge is 0.354 e. The van der Waals surface area contributed by atoms with Gasteiger partial charge in [-0.15, -0.1) is 23.1 Å². The van der Waals surface area contributed by atoms with Crippen molar-refractivity contribution in [3.8, 4) is 0 Å². The van der Waals surface area contributed by atoms with E-state index in [1.165, 1.54) is 16.2 Å². The van der Waals surface area contributed by atoms with E-state index in [2.05, 4.69) is 27.8 Å². The maximum atomic E-state index is 12.7. The lowest BCUT2D eigenvalue weighted by atomic mass is 9.97. The van der Waals surface area contributed by atoms with Crippen LogP contribution in [0.3, 0.4) is 0 Å². The third-order valence-corrected chi connectivity index (χ3v) is 8.06. The fraction of sp³-hybridized carbons (Fsp3) is 0.500. The van der Waals surface area contributed by atoms with Gasteiger partial charge in [0.05, 0.1) is 11.4 Å². The first kappa shape index (κ1) is 23.8. The number of amides is 3. The Bertz CT molecular complexity index is 984. The van der Waals surface area contributed by atoms with E-state index in [1.54, 1.807) is 17.1 Å². The highest BCUT2D eigenvalue weighted by molar-refractivity contribution is 7.98. The molecule has 1 atom stereocenters. The first-order chi connectivity index (χ1) is 16.0. The van der Waals surface area contributed by atoms with E-state index in [1.807, 2.05) is 23.3 Å². The standard InChI is InChI=1S/C24H30N4O3S2/c1-32-18-7-5-16(6-8-18)14-21(29)28-12-9-17(10-13-28)24-27-20(15-33-24)23(31)26-19-4-2-3-11-25-22(19)30/h5-8,15,17,19H,2-4,9-14H2,1H3,(H,25,30)(H,26,31). The minimum absolute atomic E-state index is 0.117. The number of thiazole rings is 1. The lowest BCUT2D eigenvalue weighted by molar-refractivity contribution is -0.131. The van der Waals surface area contributed by atoms with Crippen LogP contribution in [-0.2, 0) is 16.0 Å². The van der Waals surface area contributed by atoms with E-state index in [0.717, 1.165) is 36.3 Å². The molecular formula is C24H30N4O3S2. The molecule has 2 saturated heterocycles. The highest BCUT2D eigenvalue weighted by Gasteiger charge is 2.28. The van der Waals surface area contributed by atoms with Crippen LogP contribution in [0.4, 0.5) is 0 Å². The first-order valence-electron chi connectivity index (χ1n) is 11.5. The summed E-state index contributed by atoms with van der Waals surface area (Å²) in [6.45, 7) is 2.07. The molecule has 2 aliphatic rings. The summed E-state index contributed by atoms with van der Waals surface area (Å²) in [6, 6.07) is 7.67. The van der Waals surface area contributed by atoms with Crippen molar-refractivity contribution in [1.29, 1.82) is 0 Å². The van der Waals surface area contributed by atoms with Crippen molar-refractivity contribution >= 4 is 40.8 Å². The van der Waals surface area contributed by atoms with Crippen molar-refractivity contribution in [3.05, 3.63) is 45.9 Å². The van der Waals surface area contributed by atoms with Crippen LogP contribution < -0.4 is 10.6 Å². The Labute approximate surface area is 202 Å². The summed E-state index contributed by atoms with van der Waals surface area (Å²) in [6.07, 6.45) is 6.65. The van der Waals surface area contributed by atoms with Crippen LogP contribution in [0, 0.1) is 0 Å². The number of hydrogen-bond acceptors (Lipinski definition) is 6. The van der Waals surface area contributed by atoms with Crippen molar-refractivity contribution in [1.82, 2.24) is 20.5 Å². The third kappa shape index (κ3) is 6.14. The molecule has 2 aliphatic heterocycles. The molecule has 2 fully saturated rings. The second-order valence-electron chi connectivity index (χ2n) is 8.56. The minimum atomic E-state index is -0.490. The van der Waals surface area contributed by atoms with Crippen LogP contribution in [-0.4, -0.2) is 59.5 Å². The van der Waals surface area contributed by atoms with Gasteiger partial charge in [0.25, 0.3) is 5.91 Å². The zero-order chi connectivity index (χ0) is 23.2. The summed E-state index contributed by atoms with van der Waals surface area (Å²) >= 11 is 3.18. The summed E-state index contributed by atoms with van der Waals surface area (Å²) in [5.74, 6) is 0.00192. The highest BCUT2D eigenvalue weighted by atomic mass is 32.2.